The van der Waals surface area contributed by atoms with Crippen molar-refractivity contribution >= 4 is 45.0 Å². The van der Waals surface area contributed by atoms with Crippen molar-refractivity contribution in [1.29, 1.82) is 0 Å². The molecule has 0 aliphatic heterocycles. The van der Waals surface area contributed by atoms with Crippen molar-refractivity contribution in [2.75, 3.05) is 38.5 Å². The normalized spacial score (nSPS) is 11.2. The average Bonchev–Trinajstić information content (AvgIpc) is 2.79. The second-order valence-corrected chi connectivity index (χ2v) is 9.48. The maximum atomic E-state index is 12.5. The van der Waals surface area contributed by atoms with E-state index in [0.717, 1.165) is 0 Å². The average molecular weight is 495 g/mol. The van der Waals surface area contributed by atoms with E-state index < -0.39 is 27.7 Å². The zero-order valence-corrected chi connectivity index (χ0v) is 20.2. The van der Waals surface area contributed by atoms with E-state index >= 15 is 0 Å². The zero-order valence-electron chi connectivity index (χ0n) is 18.7. The molecule has 0 aliphatic rings. The van der Waals surface area contributed by atoms with Crippen LogP contribution in [-0.2, 0) is 19.6 Å². The first kappa shape index (κ1) is 26.3. The number of sulfonamides is 1. The van der Waals surface area contributed by atoms with E-state index in [2.05, 4.69) is 10.6 Å². The zero-order chi connectivity index (χ0) is 24.6. The van der Waals surface area contributed by atoms with Crippen LogP contribution in [0.25, 0.3) is 0 Å². The Bertz CT molecular complexity index is 1080. The lowest BCUT2D eigenvalue weighted by Gasteiger charge is -2.18. The summed E-state index contributed by atoms with van der Waals surface area (Å²) in [5.74, 6) is -1.39. The molecule has 0 atom stereocenters. The molecule has 0 heterocycles. The van der Waals surface area contributed by atoms with Gasteiger partial charge in [-0.25, -0.2) is 8.42 Å². The molecule has 11 heteroatoms. The summed E-state index contributed by atoms with van der Waals surface area (Å²) < 4.78 is 26.4. The van der Waals surface area contributed by atoms with Gasteiger partial charge in [-0.05, 0) is 48.5 Å². The first-order valence-electron chi connectivity index (χ1n) is 10.3. The molecule has 0 saturated carbocycles. The molecule has 0 aromatic heterocycles. The molecule has 0 aliphatic carbocycles. The quantitative estimate of drug-likeness (QED) is 0.525. The fraction of sp³-hybridized carbons (Fsp3) is 0.318. The monoisotopic (exact) mass is 494 g/mol. The molecule has 9 nitrogen and oxygen atoms in total. The summed E-state index contributed by atoms with van der Waals surface area (Å²) in [5.41, 5.74) is 0.759. The third-order valence-electron chi connectivity index (χ3n) is 4.79. The van der Waals surface area contributed by atoms with Gasteiger partial charge in [0, 0.05) is 36.4 Å². The molecule has 0 bridgehead atoms. The molecule has 2 N–H and O–H groups in total. The lowest BCUT2D eigenvalue weighted by atomic mass is 10.2. The molecule has 0 radical (unpaired) electrons. The maximum absolute atomic E-state index is 12.5. The number of amides is 3. The summed E-state index contributed by atoms with van der Waals surface area (Å²) >= 11 is 5.80. The molecule has 0 fully saturated rings. The highest BCUT2D eigenvalue weighted by molar-refractivity contribution is 7.89. The van der Waals surface area contributed by atoms with Crippen molar-refractivity contribution in [2.24, 2.45) is 0 Å². The molecule has 2 rings (SSSR count). The van der Waals surface area contributed by atoms with Crippen LogP contribution in [0.2, 0.25) is 5.02 Å². The maximum Gasteiger partial charge on any atom is 0.251 e. The van der Waals surface area contributed by atoms with Crippen molar-refractivity contribution in [3.63, 3.8) is 0 Å². The molecule has 0 spiro atoms. The Morgan fingerprint density at radius 2 is 1.52 bits per heavy atom. The van der Waals surface area contributed by atoms with Crippen molar-refractivity contribution in [1.82, 2.24) is 14.5 Å². The van der Waals surface area contributed by atoms with Gasteiger partial charge in [-0.3, -0.25) is 14.4 Å². The number of nitrogens with one attached hydrogen (secondary N) is 2. The number of likely N-dealkylation sites (N-methyl/N-ethyl adjacent to an activating group) is 1. The Morgan fingerprint density at radius 3 is 2.06 bits per heavy atom. The number of hydrogen-bond acceptors (Lipinski definition) is 5. The molecule has 3 amide bonds. The van der Waals surface area contributed by atoms with Crippen LogP contribution >= 0.6 is 11.6 Å². The lowest BCUT2D eigenvalue weighted by molar-refractivity contribution is -0.132. The number of carbonyl (C=O) groups excluding carboxylic acids is 3. The highest BCUT2D eigenvalue weighted by Crippen LogP contribution is 2.16. The standard InChI is InChI=1S/C22H27ClN4O5S/c1-4-27(5-2)33(31,32)19-12-6-16(7-13-19)22(30)24-14-21(29)26(3)15-20(28)25-18-10-8-17(23)9-11-18/h6-13H,4-5,14-15H2,1-3H3,(H,24,30)(H,25,28). The summed E-state index contributed by atoms with van der Waals surface area (Å²) in [6, 6.07) is 12.0. The van der Waals surface area contributed by atoms with Gasteiger partial charge in [0.1, 0.15) is 0 Å². The summed E-state index contributed by atoms with van der Waals surface area (Å²) in [6.07, 6.45) is 0. The van der Waals surface area contributed by atoms with E-state index in [-0.39, 0.29) is 23.5 Å². The number of nitrogens with zero attached hydrogens (tertiary/aromatic N) is 2. The fourth-order valence-corrected chi connectivity index (χ4v) is 4.51. The van der Waals surface area contributed by atoms with E-state index in [0.29, 0.717) is 23.8 Å². The van der Waals surface area contributed by atoms with Crippen molar-refractivity contribution < 1.29 is 22.8 Å². The van der Waals surface area contributed by atoms with Gasteiger partial charge < -0.3 is 15.5 Å². The van der Waals surface area contributed by atoms with E-state index in [4.69, 9.17) is 11.6 Å². The number of rotatable bonds is 10. The minimum Gasteiger partial charge on any atom is -0.343 e. The second-order valence-electron chi connectivity index (χ2n) is 7.10. The predicted molar refractivity (Wildman–Crippen MR) is 127 cm³/mol. The molecule has 2 aromatic carbocycles. The SMILES string of the molecule is CCN(CC)S(=O)(=O)c1ccc(C(=O)NCC(=O)N(C)CC(=O)Nc2ccc(Cl)cc2)cc1. The summed E-state index contributed by atoms with van der Waals surface area (Å²) in [5, 5.41) is 5.66. The van der Waals surface area contributed by atoms with E-state index in [1.807, 2.05) is 0 Å². The molecule has 178 valence electrons. The lowest BCUT2D eigenvalue weighted by Crippen LogP contribution is -2.41. The number of halogens is 1. The summed E-state index contributed by atoms with van der Waals surface area (Å²) in [4.78, 5) is 38.0. The number of hydrogen-bond donors (Lipinski definition) is 2. The van der Waals surface area contributed by atoms with Crippen molar-refractivity contribution in [3.8, 4) is 0 Å². The Morgan fingerprint density at radius 1 is 0.939 bits per heavy atom. The first-order valence-corrected chi connectivity index (χ1v) is 12.1. The van der Waals surface area contributed by atoms with Gasteiger partial charge in [0.25, 0.3) is 5.91 Å². The fourth-order valence-electron chi connectivity index (χ4n) is 2.92. The van der Waals surface area contributed by atoms with Crippen LogP contribution in [0.3, 0.4) is 0 Å². The molecular formula is C22H27ClN4O5S. The minimum absolute atomic E-state index is 0.0882. The number of anilines is 1. The predicted octanol–water partition coefficient (Wildman–Crippen LogP) is 2.20. The van der Waals surface area contributed by atoms with E-state index in [1.54, 1.807) is 38.1 Å². The first-order chi connectivity index (χ1) is 15.6. The molecule has 0 saturated heterocycles. The van der Waals surface area contributed by atoms with Crippen LogP contribution in [0.1, 0.15) is 24.2 Å². The Hall–Kier alpha value is -2.95. The van der Waals surface area contributed by atoms with Crippen LogP contribution in [0, 0.1) is 0 Å². The van der Waals surface area contributed by atoms with Gasteiger partial charge in [0.2, 0.25) is 21.8 Å². The third kappa shape index (κ3) is 7.28. The molecular weight excluding hydrogens is 468 g/mol. The highest BCUT2D eigenvalue weighted by atomic mass is 35.5. The second kappa shape index (κ2) is 11.8. The Balaban J connectivity index is 1.88. The van der Waals surface area contributed by atoms with Crippen molar-refractivity contribution in [3.05, 3.63) is 59.1 Å². The molecule has 2 aromatic rings. The van der Waals surface area contributed by atoms with Crippen molar-refractivity contribution in [2.45, 2.75) is 18.7 Å². The molecule has 0 unspecified atom stereocenters. The van der Waals surface area contributed by atoms with Crippen LogP contribution in [-0.4, -0.2) is 68.6 Å². The van der Waals surface area contributed by atoms with Crippen LogP contribution in [0.4, 0.5) is 5.69 Å². The number of benzene rings is 2. The topological polar surface area (TPSA) is 116 Å². The largest absolute Gasteiger partial charge is 0.343 e. The smallest absolute Gasteiger partial charge is 0.251 e. The van der Waals surface area contributed by atoms with Gasteiger partial charge >= 0.3 is 0 Å². The van der Waals surface area contributed by atoms with Gasteiger partial charge in [-0.2, -0.15) is 4.31 Å². The van der Waals surface area contributed by atoms with Gasteiger partial charge in [-0.15, -0.1) is 0 Å². The van der Waals surface area contributed by atoms with Crippen LogP contribution < -0.4 is 10.6 Å². The summed E-state index contributed by atoms with van der Waals surface area (Å²) in [7, 11) is -2.17. The Kier molecular flexibility index (Phi) is 9.39. The third-order valence-corrected chi connectivity index (χ3v) is 7.11. The number of carbonyl (C=O) groups is 3. The van der Waals surface area contributed by atoms with E-state index in [9.17, 15) is 22.8 Å². The highest BCUT2D eigenvalue weighted by Gasteiger charge is 2.22. The van der Waals surface area contributed by atoms with Gasteiger partial charge in [-0.1, -0.05) is 25.4 Å². The minimum atomic E-state index is -3.62. The van der Waals surface area contributed by atoms with Gasteiger partial charge in [0.05, 0.1) is 18.0 Å². The summed E-state index contributed by atoms with van der Waals surface area (Å²) in [6.45, 7) is 3.66. The van der Waals surface area contributed by atoms with E-state index in [1.165, 1.54) is 40.5 Å². The van der Waals surface area contributed by atoms with Crippen LogP contribution in [0.5, 0.6) is 0 Å². The molecule has 33 heavy (non-hydrogen) atoms. The van der Waals surface area contributed by atoms with Gasteiger partial charge in [0.15, 0.2) is 0 Å². The van der Waals surface area contributed by atoms with Crippen LogP contribution in [0.15, 0.2) is 53.4 Å². The Labute approximate surface area is 198 Å².